The van der Waals surface area contributed by atoms with Crippen molar-refractivity contribution < 1.29 is 17.2 Å². The van der Waals surface area contributed by atoms with Crippen LogP contribution in [-0.4, -0.2) is 46.0 Å². The van der Waals surface area contributed by atoms with E-state index in [9.17, 15) is 8.42 Å². The van der Waals surface area contributed by atoms with Crippen LogP contribution in [0.5, 0.6) is 0 Å². The van der Waals surface area contributed by atoms with Gasteiger partial charge in [-0.3, -0.25) is 4.55 Å². The Morgan fingerprint density at radius 2 is 1.56 bits per heavy atom. The summed E-state index contributed by atoms with van der Waals surface area (Å²) in [6.45, 7) is 5.22. The van der Waals surface area contributed by atoms with Crippen LogP contribution in [0.15, 0.2) is 12.7 Å². The van der Waals surface area contributed by atoms with E-state index in [1.165, 1.54) is 0 Å². The zero-order chi connectivity index (χ0) is 19.6. The fraction of sp³-hybridized carbons (Fsp3) is 0.867. The van der Waals surface area contributed by atoms with E-state index in [4.69, 9.17) is 62.6 Å². The first-order valence-electron chi connectivity index (χ1n) is 7.98. The van der Waals surface area contributed by atoms with Gasteiger partial charge in [-0.2, -0.15) is 8.42 Å². The summed E-state index contributed by atoms with van der Waals surface area (Å²) in [5, 5.41) is -4.05. The number of hydrogen-bond acceptors (Lipinski definition) is 3. The zero-order valence-electron chi connectivity index (χ0n) is 14.0. The lowest BCUT2D eigenvalue weighted by atomic mass is 10.0. The molecule has 4 nitrogen and oxygen atoms in total. The highest BCUT2D eigenvalue weighted by atomic mass is 35.5. The van der Waals surface area contributed by atoms with Crippen molar-refractivity contribution in [3.05, 3.63) is 12.7 Å². The molecule has 0 aliphatic rings. The monoisotopic (exact) mass is 476 g/mol. The Bertz CT molecular complexity index is 475. The van der Waals surface area contributed by atoms with Gasteiger partial charge in [-0.15, -0.1) is 64.6 Å². The average Bonchev–Trinajstić information content (AvgIpc) is 2.52. The van der Waals surface area contributed by atoms with Crippen LogP contribution in [0.25, 0.3) is 0 Å². The number of hydrogen-bond donors (Lipinski definition) is 1. The van der Waals surface area contributed by atoms with Crippen molar-refractivity contribution in [1.29, 1.82) is 0 Å². The van der Waals surface area contributed by atoms with Crippen LogP contribution in [0.1, 0.15) is 45.4 Å². The van der Waals surface area contributed by atoms with Gasteiger partial charge in [0.1, 0.15) is 6.10 Å². The lowest BCUT2D eigenvalue weighted by Crippen LogP contribution is -2.45. The summed E-state index contributed by atoms with van der Waals surface area (Å²) in [5.41, 5.74) is 0. The standard InChI is InChI=1S/C15H25Cl5O4S/c1-3-4-5-6-7-8-9-11(17)13(19)14(20)15(12(18)10(2)16)24-25(21,22)23/h3,10-15H,1,4-9H2,2H3,(H,21,22,23)/t10-,11-,12-,13+,14-,15-/m0/s1. The average molecular weight is 479 g/mol. The highest BCUT2D eigenvalue weighted by Crippen LogP contribution is 2.31. The van der Waals surface area contributed by atoms with E-state index < -0.39 is 43.4 Å². The molecule has 0 saturated carbocycles. The molecular weight excluding hydrogens is 453 g/mol. The maximum Gasteiger partial charge on any atom is 0.397 e. The molecule has 0 radical (unpaired) electrons. The third kappa shape index (κ3) is 11.5. The Kier molecular flexibility index (Phi) is 13.8. The van der Waals surface area contributed by atoms with Crippen LogP contribution in [0.2, 0.25) is 0 Å². The molecular formula is C15H25Cl5O4S. The van der Waals surface area contributed by atoms with E-state index >= 15 is 0 Å². The molecule has 25 heavy (non-hydrogen) atoms. The Hall–Kier alpha value is 1.06. The maximum atomic E-state index is 11.1. The van der Waals surface area contributed by atoms with Gasteiger partial charge in [-0.1, -0.05) is 25.3 Å². The minimum atomic E-state index is -4.77. The second kappa shape index (κ2) is 13.3. The molecule has 0 heterocycles. The number of unbranched alkanes of at least 4 members (excludes halogenated alkanes) is 4. The fourth-order valence-corrected chi connectivity index (χ4v) is 4.31. The van der Waals surface area contributed by atoms with Crippen molar-refractivity contribution in [3.8, 4) is 0 Å². The third-order valence-electron chi connectivity index (χ3n) is 3.59. The Morgan fingerprint density at radius 1 is 1.00 bits per heavy atom. The van der Waals surface area contributed by atoms with Gasteiger partial charge in [0.15, 0.2) is 0 Å². The second-order valence-electron chi connectivity index (χ2n) is 5.80. The smallest absolute Gasteiger partial charge is 0.264 e. The molecule has 1 N–H and O–H groups in total. The molecule has 0 aromatic rings. The molecule has 0 amide bonds. The predicted octanol–water partition coefficient (Wildman–Crippen LogP) is 5.76. The molecule has 0 aliphatic heterocycles. The molecule has 0 rings (SSSR count). The molecule has 6 atom stereocenters. The van der Waals surface area contributed by atoms with Crippen LogP contribution in [0, 0.1) is 0 Å². The van der Waals surface area contributed by atoms with Gasteiger partial charge < -0.3 is 0 Å². The molecule has 0 fully saturated rings. The van der Waals surface area contributed by atoms with E-state index in [-0.39, 0.29) is 0 Å². The minimum Gasteiger partial charge on any atom is -0.264 e. The van der Waals surface area contributed by atoms with E-state index in [0.717, 1.165) is 32.1 Å². The van der Waals surface area contributed by atoms with Crippen LogP contribution in [-0.2, 0) is 14.6 Å². The SMILES string of the molecule is C=CCCCCCC[C@H](Cl)[C@@H](Cl)[C@H](Cl)[C@@H](OS(=O)(=O)O)[C@@H](Cl)[C@H](C)Cl. The van der Waals surface area contributed by atoms with Crippen LogP contribution >= 0.6 is 58.0 Å². The Morgan fingerprint density at radius 3 is 2.04 bits per heavy atom. The molecule has 0 saturated heterocycles. The Balaban J connectivity index is 4.69. The first-order valence-corrected chi connectivity index (χ1v) is 11.5. The third-order valence-corrected chi connectivity index (χ3v) is 6.92. The van der Waals surface area contributed by atoms with Crippen molar-refractivity contribution in [3.63, 3.8) is 0 Å². The summed E-state index contributed by atoms with van der Waals surface area (Å²) in [7, 11) is -4.77. The van der Waals surface area contributed by atoms with Crippen LogP contribution in [0.4, 0.5) is 0 Å². The first-order chi connectivity index (χ1) is 11.5. The largest absolute Gasteiger partial charge is 0.397 e. The van der Waals surface area contributed by atoms with E-state index in [2.05, 4.69) is 10.8 Å². The van der Waals surface area contributed by atoms with E-state index in [1.54, 1.807) is 6.92 Å². The molecule has 0 aliphatic carbocycles. The van der Waals surface area contributed by atoms with Gasteiger partial charge in [0.05, 0.1) is 21.5 Å². The van der Waals surface area contributed by atoms with Gasteiger partial charge in [0.2, 0.25) is 0 Å². The quantitative estimate of drug-likeness (QED) is 0.149. The van der Waals surface area contributed by atoms with Gasteiger partial charge in [-0.25, -0.2) is 4.18 Å². The van der Waals surface area contributed by atoms with Crippen molar-refractivity contribution in [2.45, 2.75) is 78.4 Å². The zero-order valence-corrected chi connectivity index (χ0v) is 18.6. The highest BCUT2D eigenvalue weighted by Gasteiger charge is 2.40. The van der Waals surface area contributed by atoms with Gasteiger partial charge in [-0.05, 0) is 26.2 Å². The fourth-order valence-electron chi connectivity index (χ4n) is 2.21. The highest BCUT2D eigenvalue weighted by molar-refractivity contribution is 7.80. The maximum absolute atomic E-state index is 11.1. The normalized spacial score (nSPS) is 19.6. The molecule has 0 spiro atoms. The predicted molar refractivity (Wildman–Crippen MR) is 108 cm³/mol. The molecule has 0 bridgehead atoms. The minimum absolute atomic E-state index is 0.509. The summed E-state index contributed by atoms with van der Waals surface area (Å²) >= 11 is 30.8. The second-order valence-corrected chi connectivity index (χ2v) is 9.60. The number of alkyl halides is 5. The lowest BCUT2D eigenvalue weighted by Gasteiger charge is -2.30. The molecule has 0 aromatic carbocycles. The topological polar surface area (TPSA) is 63.6 Å². The van der Waals surface area contributed by atoms with E-state index in [1.807, 2.05) is 6.08 Å². The summed E-state index contributed by atoms with van der Waals surface area (Å²) in [6.07, 6.45) is 6.14. The van der Waals surface area contributed by atoms with Crippen LogP contribution < -0.4 is 0 Å². The number of allylic oxidation sites excluding steroid dienone is 1. The summed E-state index contributed by atoms with van der Waals surface area (Å²) in [6, 6.07) is 0. The van der Waals surface area contributed by atoms with Crippen LogP contribution in [0.3, 0.4) is 0 Å². The van der Waals surface area contributed by atoms with E-state index in [0.29, 0.717) is 6.42 Å². The van der Waals surface area contributed by atoms with Crippen molar-refractivity contribution in [2.24, 2.45) is 0 Å². The lowest BCUT2D eigenvalue weighted by molar-refractivity contribution is 0.168. The van der Waals surface area contributed by atoms with Gasteiger partial charge in [0.25, 0.3) is 0 Å². The molecule has 150 valence electrons. The van der Waals surface area contributed by atoms with Crippen molar-refractivity contribution in [1.82, 2.24) is 0 Å². The first kappa shape index (κ1) is 26.1. The summed E-state index contributed by atoms with van der Waals surface area (Å²) in [5.74, 6) is 0. The molecule has 0 unspecified atom stereocenters. The summed E-state index contributed by atoms with van der Waals surface area (Å²) < 4.78 is 35.6. The Labute approximate surface area is 176 Å². The van der Waals surface area contributed by atoms with Gasteiger partial charge >= 0.3 is 10.4 Å². The molecule has 0 aromatic heterocycles. The van der Waals surface area contributed by atoms with Gasteiger partial charge in [0, 0.05) is 5.38 Å². The summed E-state index contributed by atoms with van der Waals surface area (Å²) in [4.78, 5) is 0. The number of halogens is 5. The van der Waals surface area contributed by atoms with Crippen molar-refractivity contribution >= 4 is 68.4 Å². The van der Waals surface area contributed by atoms with Crippen molar-refractivity contribution in [2.75, 3.05) is 0 Å². The molecule has 10 heteroatoms. The number of rotatable bonds is 14.